The van der Waals surface area contributed by atoms with Crippen molar-refractivity contribution in [1.29, 1.82) is 0 Å². The topological polar surface area (TPSA) is 131 Å². The number of imide groups is 2. The van der Waals surface area contributed by atoms with E-state index in [1.165, 1.54) is 6.07 Å². The Labute approximate surface area is 267 Å². The lowest BCUT2D eigenvalue weighted by Gasteiger charge is -2.39. The minimum absolute atomic E-state index is 0.0409. The largest absolute Gasteiger partial charge is 0.371 e. The van der Waals surface area contributed by atoms with Crippen molar-refractivity contribution < 1.29 is 28.4 Å². The molecule has 4 aliphatic rings. The fourth-order valence-corrected chi connectivity index (χ4v) is 7.24. The molecular formula is C34H41FN6O5. The summed E-state index contributed by atoms with van der Waals surface area (Å²) in [4.78, 5) is 68.8. The number of benzene rings is 2. The number of anilines is 1. The lowest BCUT2D eigenvalue weighted by molar-refractivity contribution is -0.136. The number of amides is 5. The number of nitrogens with one attached hydrogen (secondary N) is 3. The quantitative estimate of drug-likeness (QED) is 0.219. The Morgan fingerprint density at radius 3 is 2.41 bits per heavy atom. The van der Waals surface area contributed by atoms with Gasteiger partial charge in [0.05, 0.1) is 22.4 Å². The number of likely N-dealkylation sites (tertiary alicyclic amines) is 1. The Balaban J connectivity index is 1.01. The fourth-order valence-electron chi connectivity index (χ4n) is 7.24. The third-order valence-electron chi connectivity index (χ3n) is 9.79. The first-order valence-corrected chi connectivity index (χ1v) is 16.4. The molecule has 0 saturated carbocycles. The minimum Gasteiger partial charge on any atom is -0.371 e. The summed E-state index contributed by atoms with van der Waals surface area (Å²) < 4.78 is 14.8. The van der Waals surface area contributed by atoms with Gasteiger partial charge in [0.1, 0.15) is 11.9 Å². The van der Waals surface area contributed by atoms with Crippen LogP contribution in [0.1, 0.15) is 94.4 Å². The van der Waals surface area contributed by atoms with Crippen LogP contribution < -0.4 is 21.1 Å². The molecule has 4 heterocycles. The van der Waals surface area contributed by atoms with E-state index in [1.54, 1.807) is 18.2 Å². The molecular weight excluding hydrogens is 591 g/mol. The van der Waals surface area contributed by atoms with E-state index in [1.807, 2.05) is 19.1 Å². The molecule has 46 heavy (non-hydrogen) atoms. The summed E-state index contributed by atoms with van der Waals surface area (Å²) in [7, 11) is 0. The smallest absolute Gasteiger partial charge is 0.268 e. The maximum Gasteiger partial charge on any atom is 0.268 e. The standard InChI is InChI=1S/C34H41FN6O5/c1-2-14-36-38-31(43)24-7-6-23(19-26(24)35)22-12-15-39(16-13-22)20-21-10-17-40(18-11-21)27-5-3-4-25-30(27)34(46)41(33(25)45)28-8-9-29(42)37-32(28)44/h3-7,19,21-22,28,36H,2,8-18,20H2,1H3,(H,38,43)(H,37,42,44). The summed E-state index contributed by atoms with van der Waals surface area (Å²) in [5, 5.41) is 2.25. The maximum atomic E-state index is 14.8. The molecule has 11 nitrogen and oxygen atoms in total. The molecule has 0 aromatic heterocycles. The van der Waals surface area contributed by atoms with Gasteiger partial charge in [0.25, 0.3) is 17.7 Å². The Morgan fingerprint density at radius 2 is 1.72 bits per heavy atom. The molecule has 3 saturated heterocycles. The normalized spacial score (nSPS) is 21.5. The first-order valence-electron chi connectivity index (χ1n) is 16.4. The summed E-state index contributed by atoms with van der Waals surface area (Å²) in [5.41, 5.74) is 7.67. The number of halogens is 1. The summed E-state index contributed by atoms with van der Waals surface area (Å²) in [6.07, 6.45) is 4.83. The minimum atomic E-state index is -0.981. The third-order valence-corrected chi connectivity index (χ3v) is 9.79. The number of fused-ring (bicyclic) bond motifs is 1. The molecule has 3 N–H and O–H groups in total. The molecule has 12 heteroatoms. The van der Waals surface area contributed by atoms with Crippen molar-refractivity contribution in [3.63, 3.8) is 0 Å². The Morgan fingerprint density at radius 1 is 0.957 bits per heavy atom. The van der Waals surface area contributed by atoms with Crippen molar-refractivity contribution >= 4 is 35.2 Å². The van der Waals surface area contributed by atoms with Gasteiger partial charge in [-0.25, -0.2) is 9.82 Å². The van der Waals surface area contributed by atoms with Gasteiger partial charge in [0.2, 0.25) is 11.8 Å². The average molecular weight is 633 g/mol. The summed E-state index contributed by atoms with van der Waals surface area (Å²) in [6, 6.07) is 9.25. The van der Waals surface area contributed by atoms with Crippen molar-refractivity contribution in [2.75, 3.05) is 44.2 Å². The summed E-state index contributed by atoms with van der Waals surface area (Å²) in [5.74, 6) is -2.18. The number of carbonyl (C=O) groups excluding carboxylic acids is 5. The van der Waals surface area contributed by atoms with Crippen LogP contribution in [0.5, 0.6) is 0 Å². The van der Waals surface area contributed by atoms with E-state index >= 15 is 0 Å². The Bertz CT molecular complexity index is 1530. The fraction of sp³-hybridized carbons (Fsp3) is 0.500. The van der Waals surface area contributed by atoms with Crippen LogP contribution >= 0.6 is 0 Å². The van der Waals surface area contributed by atoms with Gasteiger partial charge in [0.15, 0.2) is 0 Å². The molecule has 5 amide bonds. The molecule has 6 rings (SSSR count). The first kappa shape index (κ1) is 31.8. The van der Waals surface area contributed by atoms with Gasteiger partial charge in [-0.2, -0.15) is 0 Å². The van der Waals surface area contributed by atoms with Crippen LogP contribution in [0.15, 0.2) is 36.4 Å². The van der Waals surface area contributed by atoms with E-state index in [0.717, 1.165) is 81.0 Å². The maximum absolute atomic E-state index is 14.8. The van der Waals surface area contributed by atoms with Crippen LogP contribution in [-0.2, 0) is 9.59 Å². The van der Waals surface area contributed by atoms with Crippen LogP contribution in [0, 0.1) is 11.7 Å². The molecule has 2 aromatic carbocycles. The second kappa shape index (κ2) is 13.7. The highest BCUT2D eigenvalue weighted by atomic mass is 19.1. The molecule has 3 fully saturated rings. The number of hydrogen-bond donors (Lipinski definition) is 3. The van der Waals surface area contributed by atoms with Crippen molar-refractivity contribution in [3.05, 3.63) is 64.5 Å². The van der Waals surface area contributed by atoms with Gasteiger partial charge < -0.3 is 9.80 Å². The van der Waals surface area contributed by atoms with Crippen molar-refractivity contribution in [1.82, 2.24) is 26.0 Å². The van der Waals surface area contributed by atoms with Gasteiger partial charge >= 0.3 is 0 Å². The van der Waals surface area contributed by atoms with Crippen LogP contribution in [0.4, 0.5) is 10.1 Å². The summed E-state index contributed by atoms with van der Waals surface area (Å²) >= 11 is 0. The van der Waals surface area contributed by atoms with Crippen LogP contribution in [0.3, 0.4) is 0 Å². The SMILES string of the molecule is CCCNNC(=O)c1ccc(C2CCN(CC3CCN(c4cccc5c4C(=O)N(C4CCC(=O)NC4=O)C5=O)CC3)CC2)cc1F. The van der Waals surface area contributed by atoms with Crippen molar-refractivity contribution in [2.24, 2.45) is 5.92 Å². The molecule has 1 atom stereocenters. The lowest BCUT2D eigenvalue weighted by Crippen LogP contribution is -2.54. The predicted octanol–water partition coefficient (Wildman–Crippen LogP) is 2.97. The zero-order chi connectivity index (χ0) is 32.4. The molecule has 0 aliphatic carbocycles. The highest BCUT2D eigenvalue weighted by Gasteiger charge is 2.46. The molecule has 0 bridgehead atoms. The molecule has 0 spiro atoms. The van der Waals surface area contributed by atoms with E-state index in [-0.39, 0.29) is 24.3 Å². The van der Waals surface area contributed by atoms with Gasteiger partial charge in [-0.1, -0.05) is 19.1 Å². The zero-order valence-corrected chi connectivity index (χ0v) is 26.1. The lowest BCUT2D eigenvalue weighted by atomic mass is 9.87. The molecule has 4 aliphatic heterocycles. The van der Waals surface area contributed by atoms with E-state index in [4.69, 9.17) is 0 Å². The molecule has 0 radical (unpaired) electrons. The Kier molecular flexibility index (Phi) is 9.46. The number of rotatable bonds is 9. The Hall–Kier alpha value is -4.16. The molecule has 244 valence electrons. The van der Waals surface area contributed by atoms with Gasteiger partial charge in [-0.3, -0.25) is 39.6 Å². The number of piperidine rings is 3. The highest BCUT2D eigenvalue weighted by Crippen LogP contribution is 2.36. The predicted molar refractivity (Wildman–Crippen MR) is 169 cm³/mol. The molecule has 1 unspecified atom stereocenters. The van der Waals surface area contributed by atoms with E-state index in [9.17, 15) is 28.4 Å². The van der Waals surface area contributed by atoms with Gasteiger partial charge in [0, 0.05) is 32.6 Å². The van der Waals surface area contributed by atoms with Crippen molar-refractivity contribution in [3.8, 4) is 0 Å². The monoisotopic (exact) mass is 632 g/mol. The first-order chi connectivity index (χ1) is 22.2. The third kappa shape index (κ3) is 6.41. The van der Waals surface area contributed by atoms with E-state index < -0.39 is 41.4 Å². The highest BCUT2D eigenvalue weighted by molar-refractivity contribution is 6.25. The average Bonchev–Trinajstić information content (AvgIpc) is 3.31. The van der Waals surface area contributed by atoms with Crippen LogP contribution in [0.2, 0.25) is 0 Å². The van der Waals surface area contributed by atoms with Gasteiger partial charge in [-0.15, -0.1) is 0 Å². The number of hydrazine groups is 1. The van der Waals surface area contributed by atoms with Gasteiger partial charge in [-0.05, 0) is 93.3 Å². The zero-order valence-electron chi connectivity index (χ0n) is 26.1. The second-order valence-electron chi connectivity index (χ2n) is 12.8. The second-order valence-corrected chi connectivity index (χ2v) is 12.8. The number of hydrogen-bond acceptors (Lipinski definition) is 8. The van der Waals surface area contributed by atoms with E-state index in [2.05, 4.69) is 26.0 Å². The number of carbonyl (C=O) groups is 5. The summed E-state index contributed by atoms with van der Waals surface area (Å²) in [6.45, 7) is 6.94. The number of nitrogens with zero attached hydrogens (tertiary/aromatic N) is 3. The van der Waals surface area contributed by atoms with E-state index in [0.29, 0.717) is 23.6 Å². The van der Waals surface area contributed by atoms with Crippen LogP contribution in [-0.4, -0.2) is 84.6 Å². The molecule has 2 aromatic rings. The van der Waals surface area contributed by atoms with Crippen molar-refractivity contribution in [2.45, 2.75) is 63.8 Å². The van der Waals surface area contributed by atoms with Crippen LogP contribution in [0.25, 0.3) is 0 Å².